The molecule has 0 amide bonds. The average Bonchev–Trinajstić information content (AvgIpc) is 2.45. The molecule has 0 saturated heterocycles. The van der Waals surface area contributed by atoms with Crippen LogP contribution in [0.15, 0.2) is 42.7 Å². The number of aromatic carboxylic acids is 1. The zero-order valence-corrected chi connectivity index (χ0v) is 10.5. The van der Waals surface area contributed by atoms with E-state index in [0.717, 1.165) is 5.56 Å². The number of aromatic nitrogens is 1. The number of nitrogens with one attached hydrogen (secondary N) is 1. The molecule has 0 fully saturated rings. The first kappa shape index (κ1) is 12.9. The van der Waals surface area contributed by atoms with E-state index in [1.807, 2.05) is 12.1 Å². The Labute approximate surface area is 110 Å². The standard InChI is InChI=1S/C14H14N2O3/c1-19-13-3-2-11(14(17)18)8-12(13)16-9-10-4-6-15-7-5-10/h2-8,16H,9H2,1H3,(H,17,18). The van der Waals surface area contributed by atoms with Crippen LogP contribution >= 0.6 is 0 Å². The smallest absolute Gasteiger partial charge is 0.335 e. The third kappa shape index (κ3) is 3.22. The molecule has 2 N–H and O–H groups in total. The van der Waals surface area contributed by atoms with Crippen molar-refractivity contribution in [2.45, 2.75) is 6.54 Å². The number of rotatable bonds is 5. The predicted molar refractivity (Wildman–Crippen MR) is 71.5 cm³/mol. The zero-order chi connectivity index (χ0) is 13.7. The van der Waals surface area contributed by atoms with Crippen molar-refractivity contribution >= 4 is 11.7 Å². The molecule has 98 valence electrons. The molecule has 0 radical (unpaired) electrons. The SMILES string of the molecule is COc1ccc(C(=O)O)cc1NCc1ccncc1. The molecule has 1 heterocycles. The molecule has 5 heteroatoms. The van der Waals surface area contributed by atoms with Gasteiger partial charge in [-0.2, -0.15) is 0 Å². The first-order valence-corrected chi connectivity index (χ1v) is 5.75. The van der Waals surface area contributed by atoms with Gasteiger partial charge < -0.3 is 15.2 Å². The lowest BCUT2D eigenvalue weighted by Crippen LogP contribution is -2.04. The van der Waals surface area contributed by atoms with Crippen LogP contribution in [-0.2, 0) is 6.54 Å². The van der Waals surface area contributed by atoms with Gasteiger partial charge in [-0.25, -0.2) is 4.79 Å². The number of carboxylic acids is 1. The van der Waals surface area contributed by atoms with Crippen LogP contribution in [0.4, 0.5) is 5.69 Å². The third-order valence-corrected chi connectivity index (χ3v) is 2.68. The summed E-state index contributed by atoms with van der Waals surface area (Å²) in [6, 6.07) is 8.49. The Hall–Kier alpha value is -2.56. The highest BCUT2D eigenvalue weighted by atomic mass is 16.5. The van der Waals surface area contributed by atoms with E-state index in [0.29, 0.717) is 18.0 Å². The van der Waals surface area contributed by atoms with Crippen molar-refractivity contribution < 1.29 is 14.6 Å². The monoisotopic (exact) mass is 258 g/mol. The quantitative estimate of drug-likeness (QED) is 0.861. The molecule has 2 aromatic rings. The van der Waals surface area contributed by atoms with Crippen LogP contribution in [0.3, 0.4) is 0 Å². The summed E-state index contributed by atoms with van der Waals surface area (Å²) in [5, 5.41) is 12.1. The Kier molecular flexibility index (Phi) is 3.97. The van der Waals surface area contributed by atoms with Crippen LogP contribution in [0.2, 0.25) is 0 Å². The second-order valence-corrected chi connectivity index (χ2v) is 3.93. The van der Waals surface area contributed by atoms with Gasteiger partial charge >= 0.3 is 5.97 Å². The summed E-state index contributed by atoms with van der Waals surface area (Å²) in [5.74, 6) is -0.353. The van der Waals surface area contributed by atoms with Gasteiger partial charge in [0.25, 0.3) is 0 Å². The van der Waals surface area contributed by atoms with Crippen molar-refractivity contribution in [2.24, 2.45) is 0 Å². The summed E-state index contributed by atoms with van der Waals surface area (Å²) in [4.78, 5) is 14.9. The molecule has 0 saturated carbocycles. The molecule has 0 atom stereocenters. The van der Waals surface area contributed by atoms with Crippen molar-refractivity contribution in [3.05, 3.63) is 53.9 Å². The van der Waals surface area contributed by atoms with Gasteiger partial charge in [0.2, 0.25) is 0 Å². The molecule has 2 rings (SSSR count). The summed E-state index contributed by atoms with van der Waals surface area (Å²) < 4.78 is 5.20. The topological polar surface area (TPSA) is 71.5 Å². The number of carboxylic acid groups (broad SMARTS) is 1. The number of carbonyl (C=O) groups is 1. The third-order valence-electron chi connectivity index (χ3n) is 2.68. The number of methoxy groups -OCH3 is 1. The van der Waals surface area contributed by atoms with Crippen molar-refractivity contribution in [3.63, 3.8) is 0 Å². The number of hydrogen-bond acceptors (Lipinski definition) is 4. The van der Waals surface area contributed by atoms with E-state index in [9.17, 15) is 4.79 Å². The second kappa shape index (κ2) is 5.86. The molecule has 1 aromatic heterocycles. The van der Waals surface area contributed by atoms with Gasteiger partial charge in [0, 0.05) is 18.9 Å². The maximum atomic E-state index is 11.0. The van der Waals surface area contributed by atoms with Gasteiger partial charge in [0.1, 0.15) is 5.75 Å². The molecule has 0 aliphatic heterocycles. The molecule has 0 aliphatic rings. The maximum absolute atomic E-state index is 11.0. The van der Waals surface area contributed by atoms with E-state index in [4.69, 9.17) is 9.84 Å². The van der Waals surface area contributed by atoms with Crippen molar-refractivity contribution in [3.8, 4) is 5.75 Å². The van der Waals surface area contributed by atoms with Crippen LogP contribution in [-0.4, -0.2) is 23.2 Å². The highest BCUT2D eigenvalue weighted by molar-refractivity contribution is 5.89. The molecule has 5 nitrogen and oxygen atoms in total. The fraction of sp³-hybridized carbons (Fsp3) is 0.143. The van der Waals surface area contributed by atoms with Gasteiger partial charge in [-0.3, -0.25) is 4.98 Å². The summed E-state index contributed by atoms with van der Waals surface area (Å²) in [5.41, 5.74) is 1.93. The minimum absolute atomic E-state index is 0.220. The fourth-order valence-electron chi connectivity index (χ4n) is 1.68. The van der Waals surface area contributed by atoms with E-state index in [2.05, 4.69) is 10.3 Å². The van der Waals surface area contributed by atoms with Crippen molar-refractivity contribution in [1.29, 1.82) is 0 Å². The first-order chi connectivity index (χ1) is 9.20. The van der Waals surface area contributed by atoms with Gasteiger partial charge in [-0.05, 0) is 35.9 Å². The number of hydrogen-bond donors (Lipinski definition) is 2. The average molecular weight is 258 g/mol. The molecular formula is C14H14N2O3. The van der Waals surface area contributed by atoms with Crippen LogP contribution < -0.4 is 10.1 Å². The number of anilines is 1. The van der Waals surface area contributed by atoms with Crippen molar-refractivity contribution in [1.82, 2.24) is 4.98 Å². The van der Waals surface area contributed by atoms with E-state index in [1.165, 1.54) is 6.07 Å². The Morgan fingerprint density at radius 2 is 2.05 bits per heavy atom. The fourth-order valence-corrected chi connectivity index (χ4v) is 1.68. The van der Waals surface area contributed by atoms with Crippen molar-refractivity contribution in [2.75, 3.05) is 12.4 Å². The largest absolute Gasteiger partial charge is 0.495 e. The molecule has 0 spiro atoms. The molecule has 0 aliphatic carbocycles. The first-order valence-electron chi connectivity index (χ1n) is 5.75. The van der Waals surface area contributed by atoms with Gasteiger partial charge in [-0.1, -0.05) is 0 Å². The molecule has 1 aromatic carbocycles. The predicted octanol–water partition coefficient (Wildman–Crippen LogP) is 2.40. The summed E-state index contributed by atoms with van der Waals surface area (Å²) in [6.45, 7) is 0.571. The Balaban J connectivity index is 2.18. The summed E-state index contributed by atoms with van der Waals surface area (Å²) >= 11 is 0. The van der Waals surface area contributed by atoms with E-state index < -0.39 is 5.97 Å². The summed E-state index contributed by atoms with van der Waals surface area (Å²) in [7, 11) is 1.55. The lowest BCUT2D eigenvalue weighted by molar-refractivity contribution is 0.0697. The lowest BCUT2D eigenvalue weighted by Gasteiger charge is -2.12. The molecular weight excluding hydrogens is 244 g/mol. The normalized spacial score (nSPS) is 9.95. The Morgan fingerprint density at radius 3 is 2.68 bits per heavy atom. The minimum atomic E-state index is -0.963. The highest BCUT2D eigenvalue weighted by Crippen LogP contribution is 2.26. The van der Waals surface area contributed by atoms with Crippen LogP contribution in [0.1, 0.15) is 15.9 Å². The summed E-state index contributed by atoms with van der Waals surface area (Å²) in [6.07, 6.45) is 3.42. The van der Waals surface area contributed by atoms with E-state index in [-0.39, 0.29) is 5.56 Å². The zero-order valence-electron chi connectivity index (χ0n) is 10.5. The van der Waals surface area contributed by atoms with E-state index in [1.54, 1.807) is 31.6 Å². The van der Waals surface area contributed by atoms with E-state index >= 15 is 0 Å². The Bertz CT molecular complexity index is 570. The van der Waals surface area contributed by atoms with Gasteiger partial charge in [0.05, 0.1) is 18.4 Å². The number of benzene rings is 1. The van der Waals surface area contributed by atoms with Crippen LogP contribution in [0, 0.1) is 0 Å². The number of ether oxygens (including phenoxy) is 1. The van der Waals surface area contributed by atoms with Gasteiger partial charge in [-0.15, -0.1) is 0 Å². The number of pyridine rings is 1. The number of nitrogens with zero attached hydrogens (tertiary/aromatic N) is 1. The highest BCUT2D eigenvalue weighted by Gasteiger charge is 2.08. The van der Waals surface area contributed by atoms with Gasteiger partial charge in [0.15, 0.2) is 0 Å². The molecule has 0 unspecified atom stereocenters. The van der Waals surface area contributed by atoms with Crippen LogP contribution in [0.25, 0.3) is 0 Å². The Morgan fingerprint density at radius 1 is 1.32 bits per heavy atom. The van der Waals surface area contributed by atoms with Crippen LogP contribution in [0.5, 0.6) is 5.75 Å². The minimum Gasteiger partial charge on any atom is -0.495 e. The molecule has 19 heavy (non-hydrogen) atoms. The second-order valence-electron chi connectivity index (χ2n) is 3.93. The maximum Gasteiger partial charge on any atom is 0.335 e. The lowest BCUT2D eigenvalue weighted by atomic mass is 10.1. The molecule has 0 bridgehead atoms.